The first kappa shape index (κ1) is 20.4. The van der Waals surface area contributed by atoms with Gasteiger partial charge in [0.1, 0.15) is 12.6 Å². The van der Waals surface area contributed by atoms with Crippen molar-refractivity contribution < 1.29 is 24.2 Å². The summed E-state index contributed by atoms with van der Waals surface area (Å²) in [7, 11) is 1.55. The first-order valence-corrected chi connectivity index (χ1v) is 8.72. The number of carbonyl (C=O) groups is 2. The first-order chi connectivity index (χ1) is 12.9. The number of carboxylic acids is 1. The molecular weight excluding hydrogens is 350 g/mol. The second-order valence-electron chi connectivity index (χ2n) is 6.46. The number of rotatable bonds is 10. The summed E-state index contributed by atoms with van der Waals surface area (Å²) in [4.78, 5) is 24.1. The lowest BCUT2D eigenvalue weighted by atomic mass is 10.0. The monoisotopic (exact) mass is 375 g/mol. The Hall–Kier alpha value is -2.87. The molecule has 0 aliphatic rings. The number of hydrogen-bond donors (Lipinski definition) is 2. The van der Waals surface area contributed by atoms with E-state index in [9.17, 15) is 14.7 Å². The van der Waals surface area contributed by atoms with Crippen LogP contribution in [0.1, 0.15) is 30.8 Å². The molecule has 27 heavy (non-hydrogen) atoms. The molecule has 2 aromatic rings. The van der Waals surface area contributed by atoms with Crippen LogP contribution in [0, 0.1) is 5.92 Å². The maximum atomic E-state index is 12.7. The Balaban J connectivity index is 2.27. The normalized spacial score (nSPS) is 12.0. The van der Waals surface area contributed by atoms with E-state index in [1.54, 1.807) is 13.3 Å². The molecule has 0 spiro atoms. The minimum absolute atomic E-state index is 0.0324. The van der Waals surface area contributed by atoms with Crippen molar-refractivity contribution in [3.05, 3.63) is 42.2 Å². The number of methoxy groups -OCH3 is 1. The number of hydrogen-bond acceptors (Lipinski definition) is 5. The summed E-state index contributed by atoms with van der Waals surface area (Å²) in [5.41, 5.74) is 0.787. The Morgan fingerprint density at radius 3 is 2.52 bits per heavy atom. The zero-order chi connectivity index (χ0) is 19.8. The average Bonchev–Trinajstić information content (AvgIpc) is 3.06. The highest BCUT2D eigenvalue weighted by atomic mass is 16.5. The summed E-state index contributed by atoms with van der Waals surface area (Å²) < 4.78 is 12.1. The topological polar surface area (TPSA) is 103 Å². The van der Waals surface area contributed by atoms with Crippen LogP contribution in [-0.4, -0.2) is 53.1 Å². The Labute approximate surface area is 158 Å². The van der Waals surface area contributed by atoms with Crippen molar-refractivity contribution in [2.45, 2.75) is 26.3 Å². The number of para-hydroxylation sites is 1. The van der Waals surface area contributed by atoms with Crippen LogP contribution in [0.4, 0.5) is 0 Å². The SMILES string of the molecule is COCCOc1cn(-c2ccccc2)nc1C(=O)NC(CC(C)C)C(=O)O. The van der Waals surface area contributed by atoms with Crippen LogP contribution in [-0.2, 0) is 9.53 Å². The molecule has 0 radical (unpaired) electrons. The zero-order valence-electron chi connectivity index (χ0n) is 15.7. The number of benzene rings is 1. The third-order valence-electron chi connectivity index (χ3n) is 3.77. The summed E-state index contributed by atoms with van der Waals surface area (Å²) in [5, 5.41) is 16.2. The molecule has 146 valence electrons. The molecule has 0 saturated carbocycles. The van der Waals surface area contributed by atoms with Gasteiger partial charge < -0.3 is 19.9 Å². The number of nitrogens with one attached hydrogen (secondary N) is 1. The van der Waals surface area contributed by atoms with Gasteiger partial charge >= 0.3 is 5.97 Å². The maximum absolute atomic E-state index is 12.7. The quantitative estimate of drug-likeness (QED) is 0.617. The summed E-state index contributed by atoms with van der Waals surface area (Å²) in [6, 6.07) is 8.27. The first-order valence-electron chi connectivity index (χ1n) is 8.72. The van der Waals surface area contributed by atoms with Crippen LogP contribution >= 0.6 is 0 Å². The average molecular weight is 375 g/mol. The van der Waals surface area contributed by atoms with E-state index in [4.69, 9.17) is 9.47 Å². The lowest BCUT2D eigenvalue weighted by Crippen LogP contribution is -2.42. The van der Waals surface area contributed by atoms with Gasteiger partial charge in [-0.05, 0) is 24.5 Å². The number of carboxylic acid groups (broad SMARTS) is 1. The lowest BCUT2D eigenvalue weighted by molar-refractivity contribution is -0.139. The Bertz CT molecular complexity index is 758. The Morgan fingerprint density at radius 2 is 1.93 bits per heavy atom. The number of amides is 1. The van der Waals surface area contributed by atoms with Crippen molar-refractivity contribution in [3.8, 4) is 11.4 Å². The largest absolute Gasteiger partial charge is 0.487 e. The smallest absolute Gasteiger partial charge is 0.326 e. The van der Waals surface area contributed by atoms with Gasteiger partial charge in [-0.2, -0.15) is 5.10 Å². The van der Waals surface area contributed by atoms with Gasteiger partial charge in [0.25, 0.3) is 5.91 Å². The number of carbonyl (C=O) groups excluding carboxylic acids is 1. The highest BCUT2D eigenvalue weighted by Gasteiger charge is 2.26. The van der Waals surface area contributed by atoms with Crippen LogP contribution in [0.15, 0.2) is 36.5 Å². The molecule has 0 saturated heterocycles. The standard InChI is InChI=1S/C19H25N3O5/c1-13(2)11-15(19(24)25)20-18(23)17-16(27-10-9-26-3)12-22(21-17)14-7-5-4-6-8-14/h4-8,12-13,15H,9-11H2,1-3H3,(H,20,23)(H,24,25). The molecule has 2 N–H and O–H groups in total. The van der Waals surface area contributed by atoms with Crippen LogP contribution in [0.2, 0.25) is 0 Å². The molecule has 1 aromatic carbocycles. The van der Waals surface area contributed by atoms with Crippen molar-refractivity contribution >= 4 is 11.9 Å². The molecule has 0 fully saturated rings. The van der Waals surface area contributed by atoms with Gasteiger partial charge in [0.15, 0.2) is 11.4 Å². The van der Waals surface area contributed by atoms with Gasteiger partial charge in [0.05, 0.1) is 18.5 Å². The molecule has 1 aromatic heterocycles. The third-order valence-corrected chi connectivity index (χ3v) is 3.77. The summed E-state index contributed by atoms with van der Waals surface area (Å²) in [5.74, 6) is -1.29. The molecule has 1 atom stereocenters. The van der Waals surface area contributed by atoms with Crippen LogP contribution in [0.3, 0.4) is 0 Å². The summed E-state index contributed by atoms with van der Waals surface area (Å²) in [6.07, 6.45) is 1.92. The predicted molar refractivity (Wildman–Crippen MR) is 99.3 cm³/mol. The number of ether oxygens (including phenoxy) is 2. The highest BCUT2D eigenvalue weighted by Crippen LogP contribution is 2.20. The fourth-order valence-corrected chi connectivity index (χ4v) is 2.49. The molecule has 1 unspecified atom stereocenters. The number of aromatic nitrogens is 2. The van der Waals surface area contributed by atoms with Crippen LogP contribution < -0.4 is 10.1 Å². The van der Waals surface area contributed by atoms with Gasteiger partial charge in [0.2, 0.25) is 0 Å². The summed E-state index contributed by atoms with van der Waals surface area (Å²) >= 11 is 0. The minimum Gasteiger partial charge on any atom is -0.487 e. The van der Waals surface area contributed by atoms with Gasteiger partial charge in [0, 0.05) is 7.11 Å². The van der Waals surface area contributed by atoms with Crippen LogP contribution in [0.25, 0.3) is 5.69 Å². The van der Waals surface area contributed by atoms with E-state index in [0.717, 1.165) is 5.69 Å². The summed E-state index contributed by atoms with van der Waals surface area (Å²) in [6.45, 7) is 4.38. The van der Waals surface area contributed by atoms with E-state index < -0.39 is 17.9 Å². The maximum Gasteiger partial charge on any atom is 0.326 e. The van der Waals surface area contributed by atoms with Crippen molar-refractivity contribution in [3.63, 3.8) is 0 Å². The van der Waals surface area contributed by atoms with E-state index in [-0.39, 0.29) is 24.0 Å². The predicted octanol–water partition coefficient (Wildman–Crippen LogP) is 2.13. The third kappa shape index (κ3) is 5.82. The molecule has 2 rings (SSSR count). The van der Waals surface area contributed by atoms with E-state index in [1.165, 1.54) is 4.68 Å². The van der Waals surface area contributed by atoms with Crippen molar-refractivity contribution in [2.75, 3.05) is 20.3 Å². The molecule has 1 amide bonds. The van der Waals surface area contributed by atoms with Crippen molar-refractivity contribution in [2.24, 2.45) is 5.92 Å². The second-order valence-corrected chi connectivity index (χ2v) is 6.46. The fourth-order valence-electron chi connectivity index (χ4n) is 2.49. The minimum atomic E-state index is -1.08. The molecular formula is C19H25N3O5. The van der Waals surface area contributed by atoms with E-state index in [0.29, 0.717) is 13.0 Å². The van der Waals surface area contributed by atoms with Gasteiger partial charge in [-0.15, -0.1) is 0 Å². The molecule has 0 bridgehead atoms. The van der Waals surface area contributed by atoms with Crippen molar-refractivity contribution in [1.82, 2.24) is 15.1 Å². The number of nitrogens with zero attached hydrogens (tertiary/aromatic N) is 2. The van der Waals surface area contributed by atoms with Gasteiger partial charge in [-0.3, -0.25) is 4.79 Å². The zero-order valence-corrected chi connectivity index (χ0v) is 15.7. The Morgan fingerprint density at radius 1 is 1.22 bits per heavy atom. The van der Waals surface area contributed by atoms with E-state index in [2.05, 4.69) is 10.4 Å². The number of aliphatic carboxylic acids is 1. The molecule has 0 aliphatic heterocycles. The van der Waals surface area contributed by atoms with Gasteiger partial charge in [-0.25, -0.2) is 9.48 Å². The van der Waals surface area contributed by atoms with Crippen LogP contribution in [0.5, 0.6) is 5.75 Å². The molecule has 8 heteroatoms. The molecule has 1 heterocycles. The fraction of sp³-hybridized carbons (Fsp3) is 0.421. The lowest BCUT2D eigenvalue weighted by Gasteiger charge is -2.16. The second kappa shape index (κ2) is 9.72. The molecule has 8 nitrogen and oxygen atoms in total. The molecule has 0 aliphatic carbocycles. The highest BCUT2D eigenvalue weighted by molar-refractivity contribution is 5.97. The Kier molecular flexibility index (Phi) is 7.36. The van der Waals surface area contributed by atoms with E-state index in [1.807, 2.05) is 44.2 Å². The van der Waals surface area contributed by atoms with Crippen molar-refractivity contribution in [1.29, 1.82) is 0 Å². The van der Waals surface area contributed by atoms with E-state index >= 15 is 0 Å². The van der Waals surface area contributed by atoms with Gasteiger partial charge in [-0.1, -0.05) is 32.0 Å².